The molecule has 1 amide bonds. The number of morpholine rings is 1. The van der Waals surface area contributed by atoms with Gasteiger partial charge in [-0.05, 0) is 43.4 Å². The molecule has 0 unspecified atom stereocenters. The van der Waals surface area contributed by atoms with Crippen LogP contribution < -0.4 is 0 Å². The van der Waals surface area contributed by atoms with E-state index in [4.69, 9.17) is 27.9 Å². The van der Waals surface area contributed by atoms with Gasteiger partial charge in [0.2, 0.25) is 0 Å². The van der Waals surface area contributed by atoms with Crippen molar-refractivity contribution in [3.05, 3.63) is 33.3 Å². The molecule has 1 aromatic rings. The molecule has 0 radical (unpaired) electrons. The second kappa shape index (κ2) is 8.05. The zero-order valence-corrected chi connectivity index (χ0v) is 15.6. The molecule has 2 saturated heterocycles. The second-order valence-corrected chi connectivity index (χ2v) is 7.55. The lowest BCUT2D eigenvalue weighted by molar-refractivity contribution is 0.0224. The molecular weight excluding hydrogens is 347 g/mol. The van der Waals surface area contributed by atoms with Gasteiger partial charge in [-0.2, -0.15) is 0 Å². The fourth-order valence-corrected chi connectivity index (χ4v) is 3.99. The third kappa shape index (κ3) is 4.23. The smallest absolute Gasteiger partial charge is 0.253 e. The highest BCUT2D eigenvalue weighted by molar-refractivity contribution is 6.36. The molecule has 2 heterocycles. The molecule has 6 heteroatoms. The standard InChI is InChI=1S/C18H24Cl2N2O2/c1-13-16(19)9-15(10-17(13)20)18(23)22-4-2-3-14(12-22)11-21-5-7-24-8-6-21/h9-10,14H,2-8,11-12H2,1H3/t14-/m1/s1. The number of ether oxygens (including phenoxy) is 1. The lowest BCUT2D eigenvalue weighted by atomic mass is 9.96. The summed E-state index contributed by atoms with van der Waals surface area (Å²) in [5, 5.41) is 1.10. The fourth-order valence-electron chi connectivity index (χ4n) is 3.50. The van der Waals surface area contributed by atoms with Gasteiger partial charge in [0.05, 0.1) is 13.2 Å². The average molecular weight is 371 g/mol. The van der Waals surface area contributed by atoms with Crippen LogP contribution >= 0.6 is 23.2 Å². The summed E-state index contributed by atoms with van der Waals surface area (Å²) >= 11 is 12.4. The first-order valence-electron chi connectivity index (χ1n) is 8.59. The molecule has 4 nitrogen and oxygen atoms in total. The molecule has 0 N–H and O–H groups in total. The minimum atomic E-state index is 0.0328. The summed E-state index contributed by atoms with van der Waals surface area (Å²) in [5.74, 6) is 0.558. The van der Waals surface area contributed by atoms with Crippen LogP contribution in [-0.4, -0.2) is 61.6 Å². The summed E-state index contributed by atoms with van der Waals surface area (Å²) < 4.78 is 5.41. The van der Waals surface area contributed by atoms with Crippen LogP contribution in [0.1, 0.15) is 28.8 Å². The van der Waals surface area contributed by atoms with Crippen molar-refractivity contribution in [3.8, 4) is 0 Å². The topological polar surface area (TPSA) is 32.8 Å². The minimum Gasteiger partial charge on any atom is -0.379 e. The predicted molar refractivity (Wildman–Crippen MR) is 97.1 cm³/mol. The first-order valence-corrected chi connectivity index (χ1v) is 9.35. The molecule has 0 aliphatic carbocycles. The maximum Gasteiger partial charge on any atom is 0.253 e. The molecule has 2 fully saturated rings. The van der Waals surface area contributed by atoms with E-state index in [2.05, 4.69) is 4.90 Å². The van der Waals surface area contributed by atoms with Crippen molar-refractivity contribution in [3.63, 3.8) is 0 Å². The van der Waals surface area contributed by atoms with Crippen LogP contribution in [0.4, 0.5) is 0 Å². The SMILES string of the molecule is Cc1c(Cl)cc(C(=O)N2CCC[C@H](CN3CCOCC3)C2)cc1Cl. The van der Waals surface area contributed by atoms with Crippen molar-refractivity contribution in [1.82, 2.24) is 9.80 Å². The molecule has 0 bridgehead atoms. The van der Waals surface area contributed by atoms with E-state index >= 15 is 0 Å². The number of carbonyl (C=O) groups excluding carboxylic acids is 1. The van der Waals surface area contributed by atoms with E-state index in [9.17, 15) is 4.79 Å². The summed E-state index contributed by atoms with van der Waals surface area (Å²) in [4.78, 5) is 17.2. The molecule has 3 rings (SSSR count). The maximum absolute atomic E-state index is 12.8. The highest BCUT2D eigenvalue weighted by Gasteiger charge is 2.27. The van der Waals surface area contributed by atoms with Gasteiger partial charge in [-0.1, -0.05) is 23.2 Å². The first-order chi connectivity index (χ1) is 11.5. The fraction of sp³-hybridized carbons (Fsp3) is 0.611. The van der Waals surface area contributed by atoms with Crippen molar-refractivity contribution in [1.29, 1.82) is 0 Å². The number of benzene rings is 1. The molecule has 2 aliphatic heterocycles. The monoisotopic (exact) mass is 370 g/mol. The van der Waals surface area contributed by atoms with E-state index in [0.717, 1.165) is 57.9 Å². The number of amides is 1. The Bertz CT molecular complexity index is 580. The van der Waals surface area contributed by atoms with Gasteiger partial charge in [-0.3, -0.25) is 9.69 Å². The van der Waals surface area contributed by atoms with Gasteiger partial charge in [-0.25, -0.2) is 0 Å². The highest BCUT2D eigenvalue weighted by Crippen LogP contribution is 2.27. The molecule has 1 aromatic carbocycles. The Morgan fingerprint density at radius 2 is 1.88 bits per heavy atom. The summed E-state index contributed by atoms with van der Waals surface area (Å²) in [5.41, 5.74) is 1.40. The number of hydrogen-bond acceptors (Lipinski definition) is 3. The third-order valence-corrected chi connectivity index (χ3v) is 5.74. The lowest BCUT2D eigenvalue weighted by Gasteiger charge is -2.36. The number of piperidine rings is 1. The van der Waals surface area contributed by atoms with Crippen molar-refractivity contribution in [2.75, 3.05) is 45.9 Å². The Balaban J connectivity index is 1.64. The average Bonchev–Trinajstić information content (AvgIpc) is 2.59. The first kappa shape index (κ1) is 18.0. The highest BCUT2D eigenvalue weighted by atomic mass is 35.5. The van der Waals surface area contributed by atoms with Crippen LogP contribution in [0.25, 0.3) is 0 Å². The van der Waals surface area contributed by atoms with E-state index in [1.54, 1.807) is 12.1 Å². The van der Waals surface area contributed by atoms with Crippen LogP contribution in [-0.2, 0) is 4.74 Å². The third-order valence-electron chi connectivity index (χ3n) is 4.95. The summed E-state index contributed by atoms with van der Waals surface area (Å²) in [6, 6.07) is 3.47. The van der Waals surface area contributed by atoms with Gasteiger partial charge >= 0.3 is 0 Å². The summed E-state index contributed by atoms with van der Waals surface area (Å²) in [6.07, 6.45) is 2.23. The Kier molecular flexibility index (Phi) is 6.03. The van der Waals surface area contributed by atoms with Crippen molar-refractivity contribution in [2.45, 2.75) is 19.8 Å². The largest absolute Gasteiger partial charge is 0.379 e. The quantitative estimate of drug-likeness (QED) is 0.816. The number of halogens is 2. The second-order valence-electron chi connectivity index (χ2n) is 6.74. The van der Waals surface area contributed by atoms with Gasteiger partial charge in [0.1, 0.15) is 0 Å². The van der Waals surface area contributed by atoms with Gasteiger partial charge in [0.25, 0.3) is 5.91 Å². The Labute approximate surface area is 153 Å². The number of carbonyl (C=O) groups is 1. The zero-order chi connectivity index (χ0) is 17.1. The zero-order valence-electron chi connectivity index (χ0n) is 14.1. The predicted octanol–water partition coefficient (Wildman–Crippen LogP) is 3.49. The Hall–Kier alpha value is -0.810. The molecule has 24 heavy (non-hydrogen) atoms. The number of likely N-dealkylation sites (tertiary alicyclic amines) is 1. The molecule has 2 aliphatic rings. The van der Waals surface area contributed by atoms with E-state index in [1.165, 1.54) is 6.42 Å². The molecule has 0 spiro atoms. The minimum absolute atomic E-state index is 0.0328. The van der Waals surface area contributed by atoms with Gasteiger partial charge in [-0.15, -0.1) is 0 Å². The summed E-state index contributed by atoms with van der Waals surface area (Å²) in [6.45, 7) is 8.13. The number of rotatable bonds is 3. The van der Waals surface area contributed by atoms with Crippen LogP contribution in [0.15, 0.2) is 12.1 Å². The number of nitrogens with zero attached hydrogens (tertiary/aromatic N) is 2. The Morgan fingerprint density at radius 3 is 2.54 bits per heavy atom. The summed E-state index contributed by atoms with van der Waals surface area (Å²) in [7, 11) is 0. The molecule has 0 saturated carbocycles. The number of hydrogen-bond donors (Lipinski definition) is 0. The van der Waals surface area contributed by atoms with Crippen LogP contribution in [0.3, 0.4) is 0 Å². The Morgan fingerprint density at radius 1 is 1.21 bits per heavy atom. The van der Waals surface area contributed by atoms with Crippen LogP contribution in [0, 0.1) is 12.8 Å². The van der Waals surface area contributed by atoms with Gasteiger partial charge < -0.3 is 9.64 Å². The molecule has 1 atom stereocenters. The van der Waals surface area contributed by atoms with E-state index < -0.39 is 0 Å². The van der Waals surface area contributed by atoms with Crippen molar-refractivity contribution in [2.24, 2.45) is 5.92 Å². The lowest BCUT2D eigenvalue weighted by Crippen LogP contribution is -2.46. The van der Waals surface area contributed by atoms with E-state index in [0.29, 0.717) is 21.5 Å². The van der Waals surface area contributed by atoms with E-state index in [1.807, 2.05) is 11.8 Å². The van der Waals surface area contributed by atoms with E-state index in [-0.39, 0.29) is 5.91 Å². The molecule has 0 aromatic heterocycles. The van der Waals surface area contributed by atoms with Crippen molar-refractivity contribution < 1.29 is 9.53 Å². The maximum atomic E-state index is 12.8. The molecular formula is C18H24Cl2N2O2. The normalized spacial score (nSPS) is 22.6. The van der Waals surface area contributed by atoms with Gasteiger partial charge in [0.15, 0.2) is 0 Å². The van der Waals surface area contributed by atoms with Gasteiger partial charge in [0, 0.05) is 48.3 Å². The molecule has 132 valence electrons. The van der Waals surface area contributed by atoms with Crippen LogP contribution in [0.5, 0.6) is 0 Å². The van der Waals surface area contributed by atoms with Crippen LogP contribution in [0.2, 0.25) is 10.0 Å². The van der Waals surface area contributed by atoms with Crippen molar-refractivity contribution >= 4 is 29.1 Å².